The Labute approximate surface area is 186 Å². The highest BCUT2D eigenvalue weighted by molar-refractivity contribution is 6.35. The lowest BCUT2D eigenvalue weighted by Crippen LogP contribution is -2.25. The summed E-state index contributed by atoms with van der Waals surface area (Å²) in [6, 6.07) is 18.9. The molecule has 1 aliphatic heterocycles. The van der Waals surface area contributed by atoms with E-state index in [9.17, 15) is 4.79 Å². The molecule has 0 N–H and O–H groups in total. The van der Waals surface area contributed by atoms with E-state index in [2.05, 4.69) is 0 Å². The summed E-state index contributed by atoms with van der Waals surface area (Å²) in [4.78, 5) is 15.2. The molecular formula is C25H22ClNO4. The van der Waals surface area contributed by atoms with Gasteiger partial charge in [-0.15, -0.1) is 0 Å². The van der Waals surface area contributed by atoms with Gasteiger partial charge in [0.1, 0.15) is 0 Å². The molecular weight excluding hydrogens is 414 g/mol. The van der Waals surface area contributed by atoms with Gasteiger partial charge in [0.05, 0.1) is 33.6 Å². The first kappa shape index (κ1) is 20.8. The number of carbonyl (C=O) groups is 1. The van der Waals surface area contributed by atoms with Crippen LogP contribution < -0.4 is 19.1 Å². The number of amides is 1. The number of fused-ring (bicyclic) bond motifs is 1. The molecule has 3 aromatic rings. The van der Waals surface area contributed by atoms with E-state index in [0.717, 1.165) is 22.4 Å². The number of carbonyl (C=O) groups excluding carboxylic acids is 1. The van der Waals surface area contributed by atoms with Gasteiger partial charge < -0.3 is 19.1 Å². The Morgan fingerprint density at radius 2 is 1.55 bits per heavy atom. The Balaban J connectivity index is 1.76. The Morgan fingerprint density at radius 3 is 2.16 bits per heavy atom. The van der Waals surface area contributed by atoms with E-state index in [1.54, 1.807) is 26.2 Å². The number of hydrogen-bond acceptors (Lipinski definition) is 4. The zero-order chi connectivity index (χ0) is 22.0. The maximum atomic E-state index is 13.4. The Bertz CT molecular complexity index is 1130. The van der Waals surface area contributed by atoms with Crippen LogP contribution in [-0.4, -0.2) is 27.2 Å². The van der Waals surface area contributed by atoms with E-state index in [1.807, 2.05) is 66.7 Å². The number of benzene rings is 3. The molecule has 4 rings (SSSR count). The van der Waals surface area contributed by atoms with Gasteiger partial charge in [0.15, 0.2) is 11.5 Å². The van der Waals surface area contributed by atoms with Crippen LogP contribution in [-0.2, 0) is 11.3 Å². The van der Waals surface area contributed by atoms with Crippen molar-refractivity contribution in [2.75, 3.05) is 26.2 Å². The number of halogens is 1. The minimum atomic E-state index is -0.0649. The summed E-state index contributed by atoms with van der Waals surface area (Å²) in [5.74, 6) is 1.51. The maximum absolute atomic E-state index is 13.4. The van der Waals surface area contributed by atoms with Gasteiger partial charge in [0, 0.05) is 16.2 Å². The van der Waals surface area contributed by atoms with Crippen molar-refractivity contribution < 1.29 is 19.0 Å². The van der Waals surface area contributed by atoms with Crippen molar-refractivity contribution in [2.45, 2.75) is 6.54 Å². The number of para-hydroxylation sites is 1. The molecule has 3 aromatic carbocycles. The molecule has 0 saturated carbocycles. The SMILES string of the molecule is COc1cc(/C=C2\C(=O)N(Cc3ccc(Cl)cc3)c3ccccc32)cc(OC)c1OC. The molecule has 158 valence electrons. The lowest BCUT2D eigenvalue weighted by atomic mass is 10.0. The van der Waals surface area contributed by atoms with E-state index < -0.39 is 0 Å². The molecule has 0 saturated heterocycles. The van der Waals surface area contributed by atoms with Crippen molar-refractivity contribution in [1.82, 2.24) is 0 Å². The lowest BCUT2D eigenvalue weighted by Gasteiger charge is -2.17. The van der Waals surface area contributed by atoms with Gasteiger partial charge in [-0.2, -0.15) is 0 Å². The third-order valence-electron chi connectivity index (χ3n) is 5.21. The third-order valence-corrected chi connectivity index (χ3v) is 5.46. The van der Waals surface area contributed by atoms with Crippen LogP contribution >= 0.6 is 11.6 Å². The minimum absolute atomic E-state index is 0.0649. The fraction of sp³-hybridized carbons (Fsp3) is 0.160. The standard InChI is InChI=1S/C25H22ClNO4/c1-29-22-13-17(14-23(30-2)24(22)31-3)12-20-19-6-4-5-7-21(19)27(25(20)28)15-16-8-10-18(26)11-9-16/h4-14H,15H2,1-3H3/b20-12-. The number of hydrogen-bond donors (Lipinski definition) is 0. The molecule has 31 heavy (non-hydrogen) atoms. The highest BCUT2D eigenvalue weighted by Crippen LogP contribution is 2.42. The molecule has 5 nitrogen and oxygen atoms in total. The fourth-order valence-corrected chi connectivity index (χ4v) is 3.85. The van der Waals surface area contributed by atoms with Gasteiger partial charge in [0.2, 0.25) is 5.75 Å². The molecule has 0 radical (unpaired) electrons. The minimum Gasteiger partial charge on any atom is -0.493 e. The van der Waals surface area contributed by atoms with Crippen molar-refractivity contribution in [3.8, 4) is 17.2 Å². The van der Waals surface area contributed by atoms with Crippen LogP contribution in [0, 0.1) is 0 Å². The first-order valence-electron chi connectivity index (χ1n) is 9.73. The number of methoxy groups -OCH3 is 3. The molecule has 1 amide bonds. The van der Waals surface area contributed by atoms with Crippen LogP contribution in [0.3, 0.4) is 0 Å². The second-order valence-electron chi connectivity index (χ2n) is 7.05. The molecule has 1 heterocycles. The molecule has 0 fully saturated rings. The topological polar surface area (TPSA) is 48.0 Å². The van der Waals surface area contributed by atoms with E-state index in [0.29, 0.717) is 34.4 Å². The summed E-state index contributed by atoms with van der Waals surface area (Å²) in [6.07, 6.45) is 1.85. The van der Waals surface area contributed by atoms with Gasteiger partial charge in [-0.25, -0.2) is 0 Å². The van der Waals surface area contributed by atoms with E-state index in [4.69, 9.17) is 25.8 Å². The van der Waals surface area contributed by atoms with Crippen LogP contribution in [0.5, 0.6) is 17.2 Å². The molecule has 0 spiro atoms. The maximum Gasteiger partial charge on any atom is 0.259 e. The predicted molar refractivity (Wildman–Crippen MR) is 123 cm³/mol. The van der Waals surface area contributed by atoms with Crippen LogP contribution in [0.1, 0.15) is 16.7 Å². The largest absolute Gasteiger partial charge is 0.493 e. The quantitative estimate of drug-likeness (QED) is 0.483. The Morgan fingerprint density at radius 1 is 0.903 bits per heavy atom. The van der Waals surface area contributed by atoms with Crippen molar-refractivity contribution in [1.29, 1.82) is 0 Å². The highest BCUT2D eigenvalue weighted by atomic mass is 35.5. The monoisotopic (exact) mass is 435 g/mol. The summed E-state index contributed by atoms with van der Waals surface area (Å²) in [6.45, 7) is 0.458. The van der Waals surface area contributed by atoms with E-state index in [-0.39, 0.29) is 5.91 Å². The molecule has 6 heteroatoms. The normalized spacial score (nSPS) is 14.0. The van der Waals surface area contributed by atoms with Crippen molar-refractivity contribution in [2.24, 2.45) is 0 Å². The van der Waals surface area contributed by atoms with Crippen LogP contribution in [0.2, 0.25) is 5.02 Å². The van der Waals surface area contributed by atoms with E-state index >= 15 is 0 Å². The molecule has 0 bridgehead atoms. The number of ether oxygens (including phenoxy) is 3. The zero-order valence-corrected chi connectivity index (χ0v) is 18.3. The van der Waals surface area contributed by atoms with E-state index in [1.165, 1.54) is 0 Å². The van der Waals surface area contributed by atoms with Crippen LogP contribution in [0.4, 0.5) is 5.69 Å². The summed E-state index contributed by atoms with van der Waals surface area (Å²) < 4.78 is 16.3. The molecule has 0 aromatic heterocycles. The molecule has 0 atom stereocenters. The Kier molecular flexibility index (Phi) is 5.87. The van der Waals surface area contributed by atoms with Gasteiger partial charge in [-0.05, 0) is 47.5 Å². The Hall–Kier alpha value is -3.44. The van der Waals surface area contributed by atoms with Gasteiger partial charge in [0.25, 0.3) is 5.91 Å². The van der Waals surface area contributed by atoms with Crippen LogP contribution in [0.15, 0.2) is 60.7 Å². The third kappa shape index (κ3) is 3.97. The first-order valence-corrected chi connectivity index (χ1v) is 10.1. The number of rotatable bonds is 6. The molecule has 0 aliphatic carbocycles. The average molecular weight is 436 g/mol. The first-order chi connectivity index (χ1) is 15.0. The van der Waals surface area contributed by atoms with Crippen molar-refractivity contribution in [3.63, 3.8) is 0 Å². The lowest BCUT2D eigenvalue weighted by molar-refractivity contribution is -0.113. The van der Waals surface area contributed by atoms with Crippen LogP contribution in [0.25, 0.3) is 11.6 Å². The average Bonchev–Trinajstić information content (AvgIpc) is 3.05. The smallest absolute Gasteiger partial charge is 0.259 e. The second kappa shape index (κ2) is 8.74. The van der Waals surface area contributed by atoms with Crippen molar-refractivity contribution in [3.05, 3.63) is 82.4 Å². The predicted octanol–water partition coefficient (Wildman–Crippen LogP) is 5.45. The summed E-state index contributed by atoms with van der Waals surface area (Å²) in [5.41, 5.74) is 4.15. The summed E-state index contributed by atoms with van der Waals surface area (Å²) in [5, 5.41) is 0.667. The summed E-state index contributed by atoms with van der Waals surface area (Å²) in [7, 11) is 4.69. The summed E-state index contributed by atoms with van der Waals surface area (Å²) >= 11 is 6.00. The van der Waals surface area contributed by atoms with Gasteiger partial charge >= 0.3 is 0 Å². The number of anilines is 1. The zero-order valence-electron chi connectivity index (χ0n) is 17.5. The molecule has 0 unspecified atom stereocenters. The highest BCUT2D eigenvalue weighted by Gasteiger charge is 2.32. The second-order valence-corrected chi connectivity index (χ2v) is 7.49. The van der Waals surface area contributed by atoms with Crippen molar-refractivity contribution >= 4 is 34.8 Å². The fourth-order valence-electron chi connectivity index (χ4n) is 3.73. The van der Waals surface area contributed by atoms with Gasteiger partial charge in [-0.3, -0.25) is 4.79 Å². The number of nitrogens with zero attached hydrogens (tertiary/aromatic N) is 1. The molecule has 1 aliphatic rings. The van der Waals surface area contributed by atoms with Gasteiger partial charge in [-0.1, -0.05) is 41.9 Å².